The first-order valence-corrected chi connectivity index (χ1v) is 2.77. The molecule has 1 aromatic rings. The van der Waals surface area contributed by atoms with E-state index in [1.807, 2.05) is 13.1 Å². The fourth-order valence-electron chi connectivity index (χ4n) is 0.596. The van der Waals surface area contributed by atoms with E-state index in [1.54, 1.807) is 6.92 Å². The maximum atomic E-state index is 4.07. The molecule has 1 aromatic heterocycles. The Kier molecular flexibility index (Phi) is 1.55. The molecule has 0 fully saturated rings. The van der Waals surface area contributed by atoms with Gasteiger partial charge in [-0.3, -0.25) is 0 Å². The predicted molar refractivity (Wildman–Crippen MR) is 35.9 cm³/mol. The first kappa shape index (κ1) is 5.90. The van der Waals surface area contributed by atoms with Gasteiger partial charge in [0.1, 0.15) is 0 Å². The lowest BCUT2D eigenvalue weighted by atomic mass is 10.6. The maximum absolute atomic E-state index is 4.07. The first-order valence-electron chi connectivity index (χ1n) is 2.77. The lowest BCUT2D eigenvalue weighted by Gasteiger charge is -1.73. The Morgan fingerprint density at radius 2 is 2.44 bits per heavy atom. The van der Waals surface area contributed by atoms with Crippen LogP contribution in [0.3, 0.4) is 0 Å². The van der Waals surface area contributed by atoms with E-state index in [4.69, 9.17) is 0 Å². The van der Waals surface area contributed by atoms with Crippen molar-refractivity contribution in [2.45, 2.75) is 13.8 Å². The summed E-state index contributed by atoms with van der Waals surface area (Å²) in [6.07, 6.45) is 1.83. The van der Waals surface area contributed by atoms with Gasteiger partial charge in [0.15, 0.2) is 5.82 Å². The summed E-state index contributed by atoms with van der Waals surface area (Å²) in [5, 5.41) is 0. The molecule has 2 nitrogen and oxygen atoms in total. The Morgan fingerprint density at radius 1 is 1.67 bits per heavy atom. The van der Waals surface area contributed by atoms with Crippen molar-refractivity contribution in [2.24, 2.45) is 0 Å². The maximum Gasteiger partial charge on any atom is 0.182 e. The topological polar surface area (TPSA) is 28.7 Å². The van der Waals surface area contributed by atoms with E-state index in [9.17, 15) is 0 Å². The highest BCUT2D eigenvalue weighted by Gasteiger charge is 1.88. The normalized spacial score (nSPS) is 8.22. The molecule has 0 aromatic carbocycles. The number of hydrogen-bond acceptors (Lipinski definition) is 1. The minimum Gasteiger partial charge on any atom is -0.338 e. The van der Waals surface area contributed by atoms with Crippen molar-refractivity contribution in [2.75, 3.05) is 0 Å². The molecule has 1 N–H and O–H groups in total. The minimum atomic E-state index is 0.745. The number of imidazole rings is 1. The molecule has 1 heterocycles. The molecule has 0 bridgehead atoms. The molecule has 0 saturated carbocycles. The number of nitrogens with zero attached hydrogens (tertiary/aromatic N) is 1. The van der Waals surface area contributed by atoms with Crippen molar-refractivity contribution in [3.05, 3.63) is 17.7 Å². The molecule has 0 aliphatic carbocycles. The molecule has 0 unspecified atom stereocenters. The standard InChI is InChI=1S/C7H8N2/c1-3-4-7-8-5-6(2)9-7/h5H,1-2H3,(H,8,9). The van der Waals surface area contributed by atoms with Crippen molar-refractivity contribution in [1.29, 1.82) is 0 Å². The van der Waals surface area contributed by atoms with Gasteiger partial charge in [-0.1, -0.05) is 5.92 Å². The van der Waals surface area contributed by atoms with Crippen LogP contribution in [0.25, 0.3) is 0 Å². The van der Waals surface area contributed by atoms with Crippen LogP contribution in [0.4, 0.5) is 0 Å². The lowest BCUT2D eigenvalue weighted by Crippen LogP contribution is -1.74. The largest absolute Gasteiger partial charge is 0.338 e. The summed E-state index contributed by atoms with van der Waals surface area (Å²) in [6.45, 7) is 3.72. The summed E-state index contributed by atoms with van der Waals surface area (Å²) < 4.78 is 0. The number of H-pyrrole nitrogens is 1. The average molecular weight is 120 g/mol. The average Bonchev–Trinajstić information content (AvgIpc) is 2.17. The summed E-state index contributed by atoms with van der Waals surface area (Å²) in [7, 11) is 0. The number of aryl methyl sites for hydroxylation is 1. The van der Waals surface area contributed by atoms with E-state index in [0.717, 1.165) is 11.5 Å². The molecular weight excluding hydrogens is 112 g/mol. The molecule has 1 rings (SSSR count). The van der Waals surface area contributed by atoms with Gasteiger partial charge in [0.2, 0.25) is 0 Å². The van der Waals surface area contributed by atoms with Gasteiger partial charge in [-0.2, -0.15) is 0 Å². The van der Waals surface area contributed by atoms with Gasteiger partial charge >= 0.3 is 0 Å². The van der Waals surface area contributed by atoms with Gasteiger partial charge in [0, 0.05) is 6.20 Å². The van der Waals surface area contributed by atoms with E-state index in [1.165, 1.54) is 0 Å². The quantitative estimate of drug-likeness (QED) is 0.510. The van der Waals surface area contributed by atoms with Crippen LogP contribution in [-0.2, 0) is 0 Å². The van der Waals surface area contributed by atoms with Gasteiger partial charge in [0.25, 0.3) is 0 Å². The van der Waals surface area contributed by atoms with Gasteiger partial charge in [-0.25, -0.2) is 4.98 Å². The van der Waals surface area contributed by atoms with Crippen LogP contribution in [0.2, 0.25) is 0 Å². The number of rotatable bonds is 0. The van der Waals surface area contributed by atoms with Gasteiger partial charge in [0.05, 0.1) is 5.69 Å². The van der Waals surface area contributed by atoms with E-state index >= 15 is 0 Å². The van der Waals surface area contributed by atoms with Crippen LogP contribution in [0.15, 0.2) is 6.20 Å². The third-order valence-corrected chi connectivity index (χ3v) is 0.949. The highest BCUT2D eigenvalue weighted by Crippen LogP contribution is 1.90. The predicted octanol–water partition coefficient (Wildman–Crippen LogP) is 1.09. The minimum absolute atomic E-state index is 0.745. The zero-order chi connectivity index (χ0) is 6.69. The molecular formula is C7H8N2. The summed E-state index contributed by atoms with van der Waals surface area (Å²) in [5.41, 5.74) is 0.979. The molecule has 0 aliphatic rings. The van der Waals surface area contributed by atoms with Crippen molar-refractivity contribution < 1.29 is 0 Å². The first-order chi connectivity index (χ1) is 4.33. The molecule has 0 atom stereocenters. The number of nitrogens with one attached hydrogen (secondary N) is 1. The van der Waals surface area contributed by atoms with Crippen LogP contribution < -0.4 is 0 Å². The van der Waals surface area contributed by atoms with Crippen LogP contribution in [0.1, 0.15) is 18.4 Å². The number of aromatic nitrogens is 2. The third kappa shape index (κ3) is 1.33. The van der Waals surface area contributed by atoms with Gasteiger partial charge < -0.3 is 4.98 Å². The van der Waals surface area contributed by atoms with Crippen LogP contribution in [0.5, 0.6) is 0 Å². The number of hydrogen-bond donors (Lipinski definition) is 1. The second-order valence-electron chi connectivity index (χ2n) is 1.77. The number of aromatic amines is 1. The summed E-state index contributed by atoms with van der Waals surface area (Å²) in [6, 6.07) is 0. The van der Waals surface area contributed by atoms with E-state index < -0.39 is 0 Å². The van der Waals surface area contributed by atoms with Gasteiger partial charge in [-0.15, -0.1) is 0 Å². The van der Waals surface area contributed by atoms with E-state index in [2.05, 4.69) is 21.8 Å². The van der Waals surface area contributed by atoms with Crippen LogP contribution in [0, 0.1) is 18.8 Å². The Balaban J connectivity index is 2.93. The molecule has 9 heavy (non-hydrogen) atoms. The SMILES string of the molecule is CC#Cc1nc(C)c[nH]1. The highest BCUT2D eigenvalue weighted by molar-refractivity contribution is 5.20. The fraction of sp³-hybridized carbons (Fsp3) is 0.286. The van der Waals surface area contributed by atoms with Crippen molar-refractivity contribution in [3.8, 4) is 11.8 Å². The van der Waals surface area contributed by atoms with Crippen molar-refractivity contribution in [3.63, 3.8) is 0 Å². The Morgan fingerprint density at radius 3 is 2.89 bits per heavy atom. The van der Waals surface area contributed by atoms with Gasteiger partial charge in [-0.05, 0) is 19.8 Å². The second-order valence-corrected chi connectivity index (χ2v) is 1.77. The zero-order valence-electron chi connectivity index (χ0n) is 5.52. The molecule has 0 amide bonds. The van der Waals surface area contributed by atoms with Crippen LogP contribution >= 0.6 is 0 Å². The highest BCUT2D eigenvalue weighted by atomic mass is 14.9. The molecule has 46 valence electrons. The smallest absolute Gasteiger partial charge is 0.182 e. The van der Waals surface area contributed by atoms with E-state index in [0.29, 0.717) is 0 Å². The molecule has 0 saturated heterocycles. The Hall–Kier alpha value is -1.23. The van der Waals surface area contributed by atoms with Crippen molar-refractivity contribution >= 4 is 0 Å². The Bertz CT molecular complexity index is 249. The zero-order valence-corrected chi connectivity index (χ0v) is 5.52. The molecule has 0 radical (unpaired) electrons. The summed E-state index contributed by atoms with van der Waals surface area (Å²) in [5.74, 6) is 6.31. The lowest BCUT2D eigenvalue weighted by molar-refractivity contribution is 1.21. The Labute approximate surface area is 54.3 Å². The molecule has 0 spiro atoms. The third-order valence-electron chi connectivity index (χ3n) is 0.949. The van der Waals surface area contributed by atoms with Crippen molar-refractivity contribution in [1.82, 2.24) is 9.97 Å². The molecule has 0 aliphatic heterocycles. The molecule has 2 heteroatoms. The summed E-state index contributed by atoms with van der Waals surface area (Å²) >= 11 is 0. The van der Waals surface area contributed by atoms with Crippen LogP contribution in [-0.4, -0.2) is 9.97 Å². The fourth-order valence-corrected chi connectivity index (χ4v) is 0.596. The summed E-state index contributed by atoms with van der Waals surface area (Å²) in [4.78, 5) is 6.99. The monoisotopic (exact) mass is 120 g/mol. The van der Waals surface area contributed by atoms with E-state index in [-0.39, 0.29) is 0 Å². The second kappa shape index (κ2) is 2.36.